The van der Waals surface area contributed by atoms with E-state index < -0.39 is 0 Å². The predicted octanol–water partition coefficient (Wildman–Crippen LogP) is 1.81. The van der Waals surface area contributed by atoms with Gasteiger partial charge < -0.3 is 10.6 Å². The van der Waals surface area contributed by atoms with Crippen LogP contribution in [0.15, 0.2) is 18.2 Å². The van der Waals surface area contributed by atoms with Crippen LogP contribution in [0.25, 0.3) is 0 Å². The van der Waals surface area contributed by atoms with Crippen molar-refractivity contribution in [3.05, 3.63) is 32.4 Å². The summed E-state index contributed by atoms with van der Waals surface area (Å²) in [5.41, 5.74) is 0.512. The zero-order valence-electron chi connectivity index (χ0n) is 9.22. The highest BCUT2D eigenvalue weighted by molar-refractivity contribution is 14.1. The lowest BCUT2D eigenvalue weighted by molar-refractivity contribution is -0.118. The minimum atomic E-state index is -0.200. The third kappa shape index (κ3) is 4.91. The number of halogens is 2. The van der Waals surface area contributed by atoms with E-state index in [4.69, 9.17) is 11.6 Å². The first-order valence-electron chi connectivity index (χ1n) is 4.98. The first-order valence-corrected chi connectivity index (χ1v) is 6.44. The van der Waals surface area contributed by atoms with Gasteiger partial charge in [-0.3, -0.25) is 9.59 Å². The molecule has 0 aliphatic rings. The summed E-state index contributed by atoms with van der Waals surface area (Å²) in [7, 11) is 0. The average Bonchev–Trinajstić information content (AvgIpc) is 2.27. The molecule has 0 bridgehead atoms. The lowest BCUT2D eigenvalue weighted by Crippen LogP contribution is -2.33. The second kappa shape index (κ2) is 6.80. The van der Waals surface area contributed by atoms with E-state index in [1.165, 1.54) is 6.92 Å². The largest absolute Gasteiger partial charge is 0.355 e. The van der Waals surface area contributed by atoms with Gasteiger partial charge in [-0.25, -0.2) is 0 Å². The average molecular weight is 367 g/mol. The first-order chi connectivity index (χ1) is 8.00. The molecule has 17 heavy (non-hydrogen) atoms. The normalized spacial score (nSPS) is 9.82. The minimum absolute atomic E-state index is 0.114. The van der Waals surface area contributed by atoms with Gasteiger partial charge in [-0.1, -0.05) is 11.6 Å². The number of rotatable bonds is 4. The summed E-state index contributed by atoms with van der Waals surface area (Å²) in [6.07, 6.45) is 0. The Morgan fingerprint density at radius 2 is 1.94 bits per heavy atom. The van der Waals surface area contributed by atoms with E-state index in [1.54, 1.807) is 18.2 Å². The molecule has 0 saturated heterocycles. The van der Waals surface area contributed by atoms with E-state index in [2.05, 4.69) is 33.2 Å². The fourth-order valence-electron chi connectivity index (χ4n) is 1.15. The van der Waals surface area contributed by atoms with Gasteiger partial charge in [-0.05, 0) is 40.8 Å². The third-order valence-electron chi connectivity index (χ3n) is 1.97. The topological polar surface area (TPSA) is 58.2 Å². The molecule has 0 atom stereocenters. The SMILES string of the molecule is CC(=O)NCCNC(=O)c1ccc(I)c(Cl)c1. The van der Waals surface area contributed by atoms with E-state index >= 15 is 0 Å². The summed E-state index contributed by atoms with van der Waals surface area (Å²) >= 11 is 8.01. The van der Waals surface area contributed by atoms with Crippen molar-refractivity contribution in [2.24, 2.45) is 0 Å². The summed E-state index contributed by atoms with van der Waals surface area (Å²) in [6, 6.07) is 5.12. The Kier molecular flexibility index (Phi) is 5.70. The van der Waals surface area contributed by atoms with Crippen LogP contribution in [0, 0.1) is 3.57 Å². The van der Waals surface area contributed by atoms with Crippen LogP contribution >= 0.6 is 34.2 Å². The molecule has 1 aromatic rings. The Morgan fingerprint density at radius 1 is 1.29 bits per heavy atom. The number of hydrogen-bond acceptors (Lipinski definition) is 2. The van der Waals surface area contributed by atoms with Crippen LogP contribution in [0.4, 0.5) is 0 Å². The van der Waals surface area contributed by atoms with Gasteiger partial charge in [-0.15, -0.1) is 0 Å². The maximum Gasteiger partial charge on any atom is 0.251 e. The Hall–Kier alpha value is -0.820. The maximum atomic E-state index is 11.7. The van der Waals surface area contributed by atoms with E-state index in [0.717, 1.165) is 3.57 Å². The Labute approximate surface area is 118 Å². The second-order valence-electron chi connectivity index (χ2n) is 3.37. The highest BCUT2D eigenvalue weighted by atomic mass is 127. The van der Waals surface area contributed by atoms with Gasteiger partial charge >= 0.3 is 0 Å². The summed E-state index contributed by atoms with van der Waals surface area (Å²) in [5, 5.41) is 5.83. The second-order valence-corrected chi connectivity index (χ2v) is 4.94. The van der Waals surface area contributed by atoms with E-state index in [-0.39, 0.29) is 11.8 Å². The fourth-order valence-corrected chi connectivity index (χ4v) is 1.67. The van der Waals surface area contributed by atoms with Crippen molar-refractivity contribution < 1.29 is 9.59 Å². The Balaban J connectivity index is 2.47. The first kappa shape index (κ1) is 14.2. The van der Waals surface area contributed by atoms with Gasteiger partial charge in [-0.2, -0.15) is 0 Å². The van der Waals surface area contributed by atoms with Crippen LogP contribution in [-0.4, -0.2) is 24.9 Å². The van der Waals surface area contributed by atoms with Gasteiger partial charge in [0.1, 0.15) is 0 Å². The molecule has 0 aromatic heterocycles. The molecule has 4 nitrogen and oxygen atoms in total. The molecule has 6 heteroatoms. The summed E-state index contributed by atoms with van der Waals surface area (Å²) in [5.74, 6) is -0.315. The van der Waals surface area contributed by atoms with Crippen molar-refractivity contribution in [3.8, 4) is 0 Å². The fraction of sp³-hybridized carbons (Fsp3) is 0.273. The molecular formula is C11H12ClIN2O2. The number of carbonyl (C=O) groups is 2. The Bertz CT molecular complexity index is 437. The lowest BCUT2D eigenvalue weighted by atomic mass is 10.2. The van der Waals surface area contributed by atoms with E-state index in [1.807, 2.05) is 0 Å². The molecule has 0 spiro atoms. The van der Waals surface area contributed by atoms with Gasteiger partial charge in [0.2, 0.25) is 5.91 Å². The zero-order valence-corrected chi connectivity index (χ0v) is 12.1. The van der Waals surface area contributed by atoms with Crippen LogP contribution in [0.1, 0.15) is 17.3 Å². The van der Waals surface area contributed by atoms with E-state index in [9.17, 15) is 9.59 Å². The number of benzene rings is 1. The smallest absolute Gasteiger partial charge is 0.251 e. The number of hydrogen-bond donors (Lipinski definition) is 2. The standard InChI is InChI=1S/C11H12ClIN2O2/c1-7(16)14-4-5-15-11(17)8-2-3-10(13)9(12)6-8/h2-3,6H,4-5H2,1H3,(H,14,16)(H,15,17). The van der Waals surface area contributed by atoms with Crippen LogP contribution < -0.4 is 10.6 Å². The molecule has 0 unspecified atom stereocenters. The number of nitrogens with one attached hydrogen (secondary N) is 2. The van der Waals surface area contributed by atoms with Crippen molar-refractivity contribution in [2.75, 3.05) is 13.1 Å². The molecule has 0 fully saturated rings. The van der Waals surface area contributed by atoms with Crippen LogP contribution in [0.3, 0.4) is 0 Å². The summed E-state index contributed by atoms with van der Waals surface area (Å²) in [4.78, 5) is 22.3. The quantitative estimate of drug-likeness (QED) is 0.631. The highest BCUT2D eigenvalue weighted by Crippen LogP contribution is 2.19. The number of carbonyl (C=O) groups excluding carboxylic acids is 2. The molecule has 2 N–H and O–H groups in total. The third-order valence-corrected chi connectivity index (χ3v) is 3.54. The molecule has 0 aliphatic carbocycles. The number of amides is 2. The summed E-state index contributed by atoms with van der Waals surface area (Å²) < 4.78 is 0.902. The van der Waals surface area contributed by atoms with Crippen LogP contribution in [-0.2, 0) is 4.79 Å². The van der Waals surface area contributed by atoms with E-state index in [0.29, 0.717) is 23.7 Å². The molecular weight excluding hydrogens is 354 g/mol. The molecule has 1 rings (SSSR count). The minimum Gasteiger partial charge on any atom is -0.355 e. The molecule has 0 heterocycles. The van der Waals surface area contributed by atoms with Crippen molar-refractivity contribution in [3.63, 3.8) is 0 Å². The molecule has 2 amide bonds. The highest BCUT2D eigenvalue weighted by Gasteiger charge is 2.06. The van der Waals surface area contributed by atoms with Crippen molar-refractivity contribution in [1.29, 1.82) is 0 Å². The molecule has 92 valence electrons. The molecule has 0 radical (unpaired) electrons. The lowest BCUT2D eigenvalue weighted by Gasteiger charge is -2.06. The van der Waals surface area contributed by atoms with Crippen molar-refractivity contribution in [1.82, 2.24) is 10.6 Å². The zero-order chi connectivity index (χ0) is 12.8. The predicted molar refractivity (Wildman–Crippen MR) is 75.2 cm³/mol. The van der Waals surface area contributed by atoms with Gasteiger partial charge in [0.25, 0.3) is 5.91 Å². The Morgan fingerprint density at radius 3 is 2.53 bits per heavy atom. The summed E-state index contributed by atoms with van der Waals surface area (Å²) in [6.45, 7) is 2.24. The maximum absolute atomic E-state index is 11.7. The van der Waals surface area contributed by atoms with Gasteiger partial charge in [0.05, 0.1) is 5.02 Å². The molecule has 0 aliphatic heterocycles. The monoisotopic (exact) mass is 366 g/mol. The van der Waals surface area contributed by atoms with Crippen molar-refractivity contribution >= 4 is 46.0 Å². The van der Waals surface area contributed by atoms with Crippen LogP contribution in [0.5, 0.6) is 0 Å². The van der Waals surface area contributed by atoms with Crippen LogP contribution in [0.2, 0.25) is 5.02 Å². The molecule has 0 saturated carbocycles. The molecule has 1 aromatic carbocycles. The van der Waals surface area contributed by atoms with Gasteiger partial charge in [0.15, 0.2) is 0 Å². The van der Waals surface area contributed by atoms with Gasteiger partial charge in [0, 0.05) is 29.1 Å². The van der Waals surface area contributed by atoms with Crippen molar-refractivity contribution in [2.45, 2.75) is 6.92 Å².